The van der Waals surface area contributed by atoms with Crippen LogP contribution in [-0.2, 0) is 0 Å². The van der Waals surface area contributed by atoms with Crippen molar-refractivity contribution in [3.05, 3.63) is 170 Å². The molecule has 0 amide bonds. The number of rotatable bonds is 5. The summed E-state index contributed by atoms with van der Waals surface area (Å²) in [5, 5.41) is 5.90. The van der Waals surface area contributed by atoms with Gasteiger partial charge in [0.2, 0.25) is 0 Å². The average Bonchev–Trinajstić information content (AvgIpc) is 3.17. The van der Waals surface area contributed by atoms with Gasteiger partial charge < -0.3 is 0 Å². The van der Waals surface area contributed by atoms with Crippen molar-refractivity contribution in [3.63, 3.8) is 0 Å². The Bertz CT molecular complexity index is 2580. The Kier molecular flexibility index (Phi) is 6.76. The minimum atomic E-state index is 0.625. The van der Waals surface area contributed by atoms with Crippen LogP contribution in [0.4, 0.5) is 0 Å². The van der Waals surface area contributed by atoms with E-state index in [1.54, 1.807) is 0 Å². The first-order valence-electron chi connectivity index (χ1n) is 16.1. The highest BCUT2D eigenvalue weighted by Gasteiger charge is 2.15. The third-order valence-corrected chi connectivity index (χ3v) is 8.90. The Balaban J connectivity index is 1.15. The minimum Gasteiger partial charge on any atom is -0.247 e. The predicted molar refractivity (Wildman–Crippen MR) is 197 cm³/mol. The smallest absolute Gasteiger partial charge is 0.164 e. The van der Waals surface area contributed by atoms with E-state index in [9.17, 15) is 0 Å². The summed E-state index contributed by atoms with van der Waals surface area (Å²) < 4.78 is 0. The van der Waals surface area contributed by atoms with Gasteiger partial charge in [-0.1, -0.05) is 152 Å². The molecule has 7 aromatic carbocycles. The number of benzene rings is 7. The van der Waals surface area contributed by atoms with Gasteiger partial charge >= 0.3 is 0 Å². The number of hydrogen-bond acceptors (Lipinski definition) is 4. The molecule has 0 unspecified atom stereocenters. The second-order valence-corrected chi connectivity index (χ2v) is 11.9. The van der Waals surface area contributed by atoms with Gasteiger partial charge in [0.1, 0.15) is 0 Å². The van der Waals surface area contributed by atoms with Crippen molar-refractivity contribution in [2.75, 3.05) is 0 Å². The molecular formula is C44H28N4. The number of fused-ring (bicyclic) bond motifs is 4. The highest BCUT2D eigenvalue weighted by atomic mass is 15.0. The number of hydrogen-bond donors (Lipinski definition) is 0. The van der Waals surface area contributed by atoms with E-state index >= 15 is 0 Å². The molecule has 0 saturated heterocycles. The lowest BCUT2D eigenvalue weighted by Crippen LogP contribution is -2.00. The molecule has 9 rings (SSSR count). The van der Waals surface area contributed by atoms with E-state index < -0.39 is 0 Å². The molecule has 4 heteroatoms. The van der Waals surface area contributed by atoms with Crippen molar-refractivity contribution in [2.45, 2.75) is 0 Å². The Labute approximate surface area is 278 Å². The molecule has 2 aromatic heterocycles. The summed E-state index contributed by atoms with van der Waals surface area (Å²) in [4.78, 5) is 20.0. The molecule has 0 saturated carbocycles. The monoisotopic (exact) mass is 612 g/mol. The molecule has 48 heavy (non-hydrogen) atoms. The van der Waals surface area contributed by atoms with Crippen molar-refractivity contribution in [1.29, 1.82) is 0 Å². The van der Waals surface area contributed by atoms with Crippen LogP contribution in [0.25, 0.3) is 89.0 Å². The van der Waals surface area contributed by atoms with Crippen LogP contribution in [0.3, 0.4) is 0 Å². The van der Waals surface area contributed by atoms with Crippen LogP contribution in [0.1, 0.15) is 0 Å². The lowest BCUT2D eigenvalue weighted by Gasteiger charge is -2.12. The van der Waals surface area contributed by atoms with Gasteiger partial charge in [-0.25, -0.2) is 19.9 Å². The van der Waals surface area contributed by atoms with E-state index in [-0.39, 0.29) is 0 Å². The number of aromatic nitrogens is 4. The van der Waals surface area contributed by atoms with E-state index in [4.69, 9.17) is 19.9 Å². The molecule has 0 aliphatic heterocycles. The standard InChI is InChI=1S/C44H28N4/c1-3-11-29(12-4-1)30-19-23-33(24-20-30)43-46-42(32-13-5-2-6-14-32)47-44(48-43)34-25-21-31(22-26-34)41-39-28-36-16-8-7-15-35(36)27-38(39)37-17-9-10-18-40(37)45-41/h1-28H. The molecule has 0 aliphatic carbocycles. The Morgan fingerprint density at radius 1 is 0.271 bits per heavy atom. The van der Waals surface area contributed by atoms with Crippen LogP contribution in [0.2, 0.25) is 0 Å². The lowest BCUT2D eigenvalue weighted by molar-refractivity contribution is 1.07. The Morgan fingerprint density at radius 2 is 0.688 bits per heavy atom. The van der Waals surface area contributed by atoms with E-state index in [1.807, 2.05) is 42.5 Å². The van der Waals surface area contributed by atoms with E-state index in [0.717, 1.165) is 49.8 Å². The van der Waals surface area contributed by atoms with Crippen LogP contribution in [0, 0.1) is 0 Å². The van der Waals surface area contributed by atoms with Gasteiger partial charge in [-0.3, -0.25) is 0 Å². The zero-order valence-corrected chi connectivity index (χ0v) is 26.0. The largest absolute Gasteiger partial charge is 0.247 e. The van der Waals surface area contributed by atoms with Gasteiger partial charge in [-0.2, -0.15) is 0 Å². The second-order valence-electron chi connectivity index (χ2n) is 11.9. The van der Waals surface area contributed by atoms with Gasteiger partial charge in [-0.05, 0) is 45.5 Å². The molecule has 0 N–H and O–H groups in total. The first kappa shape index (κ1) is 27.8. The molecule has 4 nitrogen and oxygen atoms in total. The molecular weight excluding hydrogens is 585 g/mol. The van der Waals surface area contributed by atoms with Gasteiger partial charge in [0.05, 0.1) is 11.2 Å². The van der Waals surface area contributed by atoms with Crippen LogP contribution in [0.5, 0.6) is 0 Å². The topological polar surface area (TPSA) is 51.6 Å². The quantitative estimate of drug-likeness (QED) is 0.143. The number of nitrogens with zero attached hydrogens (tertiary/aromatic N) is 4. The third kappa shape index (κ3) is 5.06. The van der Waals surface area contributed by atoms with Gasteiger partial charge in [0.25, 0.3) is 0 Å². The summed E-state index contributed by atoms with van der Waals surface area (Å²) in [5.41, 5.74) is 8.09. The maximum Gasteiger partial charge on any atom is 0.164 e. The zero-order chi connectivity index (χ0) is 31.9. The average molecular weight is 613 g/mol. The van der Waals surface area contributed by atoms with Crippen molar-refractivity contribution in [2.24, 2.45) is 0 Å². The number of pyridine rings is 1. The van der Waals surface area contributed by atoms with Crippen molar-refractivity contribution in [1.82, 2.24) is 19.9 Å². The fraction of sp³-hybridized carbons (Fsp3) is 0. The van der Waals surface area contributed by atoms with Crippen LogP contribution < -0.4 is 0 Å². The van der Waals surface area contributed by atoms with E-state index in [2.05, 4.69) is 127 Å². The molecule has 0 bridgehead atoms. The van der Waals surface area contributed by atoms with E-state index in [1.165, 1.54) is 21.7 Å². The van der Waals surface area contributed by atoms with Gasteiger partial charge in [0.15, 0.2) is 17.5 Å². The molecule has 0 fully saturated rings. The summed E-state index contributed by atoms with van der Waals surface area (Å²) in [5.74, 6) is 1.90. The highest BCUT2D eigenvalue weighted by Crippen LogP contribution is 2.36. The van der Waals surface area contributed by atoms with Crippen molar-refractivity contribution >= 4 is 32.4 Å². The third-order valence-electron chi connectivity index (χ3n) is 8.90. The lowest BCUT2D eigenvalue weighted by atomic mass is 9.96. The van der Waals surface area contributed by atoms with Crippen LogP contribution in [0.15, 0.2) is 170 Å². The highest BCUT2D eigenvalue weighted by molar-refractivity contribution is 6.15. The maximum absolute atomic E-state index is 5.18. The molecule has 224 valence electrons. The fourth-order valence-electron chi connectivity index (χ4n) is 6.43. The Hall–Kier alpha value is -6.52. The normalized spacial score (nSPS) is 11.3. The SMILES string of the molecule is c1ccc(-c2ccc(-c3nc(-c4ccccc4)nc(-c4ccc(-c5nc6ccccc6c6cc7ccccc7cc56)cc4)n3)cc2)cc1. The van der Waals surface area contributed by atoms with Gasteiger partial charge in [0, 0.05) is 33.0 Å². The van der Waals surface area contributed by atoms with Crippen molar-refractivity contribution in [3.8, 4) is 56.5 Å². The summed E-state index contributed by atoms with van der Waals surface area (Å²) in [6.07, 6.45) is 0. The summed E-state index contributed by atoms with van der Waals surface area (Å²) in [6.45, 7) is 0. The first-order chi connectivity index (χ1) is 23.8. The maximum atomic E-state index is 5.18. The second kappa shape index (κ2) is 11.7. The number of para-hydroxylation sites is 1. The first-order valence-corrected chi connectivity index (χ1v) is 16.1. The summed E-state index contributed by atoms with van der Waals surface area (Å²) in [6, 6.07) is 58.7. The molecule has 0 radical (unpaired) electrons. The van der Waals surface area contributed by atoms with Crippen LogP contribution >= 0.6 is 0 Å². The zero-order valence-electron chi connectivity index (χ0n) is 26.0. The van der Waals surface area contributed by atoms with Crippen molar-refractivity contribution < 1.29 is 0 Å². The van der Waals surface area contributed by atoms with E-state index in [0.29, 0.717) is 17.5 Å². The van der Waals surface area contributed by atoms with Crippen LogP contribution in [-0.4, -0.2) is 19.9 Å². The predicted octanol–water partition coefficient (Wildman–Crippen LogP) is 11.1. The molecule has 9 aromatic rings. The molecule has 0 spiro atoms. The fourth-order valence-corrected chi connectivity index (χ4v) is 6.43. The molecule has 0 aliphatic rings. The summed E-state index contributed by atoms with van der Waals surface area (Å²) in [7, 11) is 0. The summed E-state index contributed by atoms with van der Waals surface area (Å²) >= 11 is 0. The van der Waals surface area contributed by atoms with Gasteiger partial charge in [-0.15, -0.1) is 0 Å². The Morgan fingerprint density at radius 3 is 1.29 bits per heavy atom. The molecule has 2 heterocycles. The molecule has 0 atom stereocenters. The minimum absolute atomic E-state index is 0.625.